The Bertz CT molecular complexity index is 484. The molecule has 8 heteroatoms. The fraction of sp³-hybridized carbons (Fsp3) is 0.375. The van der Waals surface area contributed by atoms with Gasteiger partial charge in [0.15, 0.2) is 5.65 Å². The molecule has 2 rings (SSSR count). The van der Waals surface area contributed by atoms with Crippen molar-refractivity contribution in [3.8, 4) is 0 Å². The van der Waals surface area contributed by atoms with Gasteiger partial charge < -0.3 is 21.3 Å². The van der Waals surface area contributed by atoms with Crippen LogP contribution in [0.2, 0.25) is 0 Å². The summed E-state index contributed by atoms with van der Waals surface area (Å²) < 4.78 is 0. The first-order chi connectivity index (χ1) is 7.70. The highest BCUT2D eigenvalue weighted by molar-refractivity contribution is 5.86. The molecular weight excluding hydrogens is 212 g/mol. The van der Waals surface area contributed by atoms with Gasteiger partial charge in [0.1, 0.15) is 5.82 Å². The van der Waals surface area contributed by atoms with Crippen molar-refractivity contribution in [2.24, 2.45) is 0 Å². The van der Waals surface area contributed by atoms with Gasteiger partial charge >= 0.3 is 0 Å². The number of H-pyrrole nitrogens is 1. The number of rotatable bonds is 4. The number of aromatic amines is 1. The van der Waals surface area contributed by atoms with Crippen LogP contribution in [0.25, 0.3) is 11.0 Å². The second-order valence-electron chi connectivity index (χ2n) is 3.28. The van der Waals surface area contributed by atoms with Gasteiger partial charge in [0.25, 0.3) is 0 Å². The van der Waals surface area contributed by atoms with Crippen molar-refractivity contribution >= 4 is 22.8 Å². The summed E-state index contributed by atoms with van der Waals surface area (Å²) in [5.41, 5.74) is 6.02. The molecule has 1 atom stereocenters. The number of hydrogen-bond donors (Lipinski definition) is 5. The number of aliphatic hydroxyl groups is 2. The van der Waals surface area contributed by atoms with Gasteiger partial charge in [-0.05, 0) is 0 Å². The van der Waals surface area contributed by atoms with Gasteiger partial charge in [0.05, 0.1) is 24.3 Å². The van der Waals surface area contributed by atoms with Gasteiger partial charge in [0, 0.05) is 6.54 Å². The number of hydrogen-bond acceptors (Lipinski definition) is 7. The van der Waals surface area contributed by atoms with Crippen molar-refractivity contribution in [2.75, 3.05) is 24.2 Å². The summed E-state index contributed by atoms with van der Waals surface area (Å²) in [6, 6.07) is 0. The average Bonchev–Trinajstić information content (AvgIpc) is 2.73. The molecule has 0 bridgehead atoms. The summed E-state index contributed by atoms with van der Waals surface area (Å²) in [7, 11) is 0. The van der Waals surface area contributed by atoms with E-state index >= 15 is 0 Å². The zero-order chi connectivity index (χ0) is 11.5. The van der Waals surface area contributed by atoms with Gasteiger partial charge in [-0.15, -0.1) is 0 Å². The van der Waals surface area contributed by atoms with E-state index in [1.165, 1.54) is 0 Å². The van der Waals surface area contributed by atoms with Crippen molar-refractivity contribution in [1.29, 1.82) is 0 Å². The van der Waals surface area contributed by atoms with Crippen molar-refractivity contribution in [1.82, 2.24) is 20.2 Å². The largest absolute Gasteiger partial charge is 0.394 e. The number of aliphatic hydroxyl groups excluding tert-OH is 2. The Morgan fingerprint density at radius 3 is 3.06 bits per heavy atom. The normalized spacial score (nSPS) is 12.9. The zero-order valence-electron chi connectivity index (χ0n) is 8.38. The minimum atomic E-state index is -0.849. The fourth-order valence-corrected chi connectivity index (χ4v) is 1.27. The Labute approximate surface area is 90.5 Å². The summed E-state index contributed by atoms with van der Waals surface area (Å²) in [6.07, 6.45) is 0.709. The molecule has 0 aliphatic carbocycles. The van der Waals surface area contributed by atoms with E-state index in [2.05, 4.69) is 25.5 Å². The topological polar surface area (TPSA) is 133 Å². The predicted molar refractivity (Wildman–Crippen MR) is 57.7 cm³/mol. The van der Waals surface area contributed by atoms with Crippen LogP contribution in [-0.4, -0.2) is 49.6 Å². The van der Waals surface area contributed by atoms with Crippen LogP contribution in [0.5, 0.6) is 0 Å². The van der Waals surface area contributed by atoms with Crippen molar-refractivity contribution in [2.45, 2.75) is 6.10 Å². The van der Waals surface area contributed by atoms with Gasteiger partial charge in [-0.2, -0.15) is 15.1 Å². The monoisotopic (exact) mass is 224 g/mol. The van der Waals surface area contributed by atoms with E-state index in [4.69, 9.17) is 10.8 Å². The minimum absolute atomic E-state index is 0.109. The molecule has 0 aromatic carbocycles. The quantitative estimate of drug-likeness (QED) is 0.436. The lowest BCUT2D eigenvalue weighted by Gasteiger charge is -2.10. The zero-order valence-corrected chi connectivity index (χ0v) is 8.38. The third kappa shape index (κ3) is 2.02. The number of nitrogens with two attached hydrogens (primary N) is 1. The number of anilines is 2. The highest BCUT2D eigenvalue weighted by Gasteiger charge is 2.09. The van der Waals surface area contributed by atoms with Gasteiger partial charge in [-0.1, -0.05) is 0 Å². The van der Waals surface area contributed by atoms with Crippen LogP contribution in [0, 0.1) is 0 Å². The van der Waals surface area contributed by atoms with Crippen LogP contribution in [0.4, 0.5) is 11.8 Å². The highest BCUT2D eigenvalue weighted by atomic mass is 16.3. The molecule has 16 heavy (non-hydrogen) atoms. The number of fused-ring (bicyclic) bond motifs is 1. The van der Waals surface area contributed by atoms with E-state index in [-0.39, 0.29) is 19.1 Å². The number of aromatic nitrogens is 4. The summed E-state index contributed by atoms with van der Waals surface area (Å²) in [5, 5.41) is 27.9. The molecule has 2 aromatic rings. The van der Waals surface area contributed by atoms with Crippen LogP contribution in [0.3, 0.4) is 0 Å². The SMILES string of the molecule is Nc1nc(NCC(O)CO)c2cn[nH]c2n1. The summed E-state index contributed by atoms with van der Waals surface area (Å²) in [5.74, 6) is 0.585. The molecule has 2 heterocycles. The summed E-state index contributed by atoms with van der Waals surface area (Å²) in [4.78, 5) is 7.92. The summed E-state index contributed by atoms with van der Waals surface area (Å²) >= 11 is 0. The first-order valence-corrected chi connectivity index (χ1v) is 4.70. The molecule has 0 aliphatic heterocycles. The Morgan fingerprint density at radius 2 is 2.31 bits per heavy atom. The lowest BCUT2D eigenvalue weighted by Crippen LogP contribution is -2.23. The molecule has 8 nitrogen and oxygen atoms in total. The molecule has 0 fully saturated rings. The van der Waals surface area contributed by atoms with Gasteiger partial charge in [-0.3, -0.25) is 5.10 Å². The van der Waals surface area contributed by atoms with Crippen LogP contribution < -0.4 is 11.1 Å². The maximum Gasteiger partial charge on any atom is 0.224 e. The fourth-order valence-electron chi connectivity index (χ4n) is 1.27. The van der Waals surface area contributed by atoms with E-state index in [9.17, 15) is 5.11 Å². The van der Waals surface area contributed by atoms with Crippen LogP contribution >= 0.6 is 0 Å². The first kappa shape index (κ1) is 10.6. The molecule has 0 aliphatic rings. The molecule has 0 spiro atoms. The number of nitrogen functional groups attached to an aromatic ring is 1. The van der Waals surface area contributed by atoms with Crippen LogP contribution in [-0.2, 0) is 0 Å². The summed E-state index contributed by atoms with van der Waals surface area (Å²) in [6.45, 7) is -0.144. The second-order valence-corrected chi connectivity index (χ2v) is 3.28. The predicted octanol–water partition coefficient (Wildman–Crippen LogP) is -1.30. The third-order valence-electron chi connectivity index (χ3n) is 2.04. The smallest absolute Gasteiger partial charge is 0.224 e. The average molecular weight is 224 g/mol. The Kier molecular flexibility index (Phi) is 2.84. The van der Waals surface area contributed by atoms with E-state index in [0.717, 1.165) is 0 Å². The molecular formula is C8H12N6O2. The Hall–Kier alpha value is -1.93. The lowest BCUT2D eigenvalue weighted by atomic mass is 10.3. The van der Waals surface area contributed by atoms with E-state index in [0.29, 0.717) is 16.9 Å². The second kappa shape index (κ2) is 4.29. The highest BCUT2D eigenvalue weighted by Crippen LogP contribution is 2.18. The molecule has 0 amide bonds. The molecule has 2 aromatic heterocycles. The van der Waals surface area contributed by atoms with E-state index < -0.39 is 6.10 Å². The first-order valence-electron chi connectivity index (χ1n) is 4.70. The maximum atomic E-state index is 9.20. The standard InChI is InChI=1S/C8H12N6O2/c9-8-12-6(10-1-4(16)3-15)5-2-11-14-7(5)13-8/h2,4,15-16H,1,3H2,(H4,9,10,11,12,13,14). The molecule has 1 unspecified atom stereocenters. The third-order valence-corrected chi connectivity index (χ3v) is 2.04. The lowest BCUT2D eigenvalue weighted by molar-refractivity contribution is 0.105. The van der Waals surface area contributed by atoms with E-state index in [1.54, 1.807) is 6.20 Å². The van der Waals surface area contributed by atoms with Crippen molar-refractivity contribution in [3.63, 3.8) is 0 Å². The molecule has 0 radical (unpaired) electrons. The van der Waals surface area contributed by atoms with Crippen molar-refractivity contribution < 1.29 is 10.2 Å². The molecule has 0 saturated carbocycles. The van der Waals surface area contributed by atoms with E-state index in [1.807, 2.05) is 0 Å². The maximum absolute atomic E-state index is 9.20. The van der Waals surface area contributed by atoms with Crippen molar-refractivity contribution in [3.05, 3.63) is 6.20 Å². The van der Waals surface area contributed by atoms with Crippen LogP contribution in [0.1, 0.15) is 0 Å². The molecule has 86 valence electrons. The number of nitrogens with zero attached hydrogens (tertiary/aromatic N) is 3. The Balaban J connectivity index is 2.25. The molecule has 6 N–H and O–H groups in total. The number of nitrogens with one attached hydrogen (secondary N) is 2. The molecule has 0 saturated heterocycles. The van der Waals surface area contributed by atoms with Crippen LogP contribution in [0.15, 0.2) is 6.20 Å². The minimum Gasteiger partial charge on any atom is -0.394 e. The van der Waals surface area contributed by atoms with Gasteiger partial charge in [0.2, 0.25) is 5.95 Å². The van der Waals surface area contributed by atoms with Gasteiger partial charge in [-0.25, -0.2) is 0 Å². The Morgan fingerprint density at radius 1 is 1.50 bits per heavy atom.